The minimum atomic E-state index is -0.492. The van der Waals surface area contributed by atoms with E-state index in [1.54, 1.807) is 0 Å². The second-order valence-corrected chi connectivity index (χ2v) is 25.1. The number of benzene rings is 13. The summed E-state index contributed by atoms with van der Waals surface area (Å²) < 4.78 is 13.8. The Labute approximate surface area is 495 Å². The molecule has 4 heteroatoms. The standard InChI is InChI=1S/C81H62N2O2/c1-79(2,3)81(80(4,5)6)75-58-47-44-54(82(68-37-19-15-29-56(68)51-25-9-7-10-26-51)70-39-23-35-64-60-32-17-21-41-72(60)84-77(64)70)49-53(58)43-46-66(75)74-62-34-14-13-31-59(62)67-50-55(45-48-63(67)76(74)81)83(69-38-20-16-30-57(69)52-27-11-8-12-28-52)71-40-24-36-65-61-33-18-22-42-73(61)85-78(65)71/h7-50H,1-6H3. The van der Waals surface area contributed by atoms with Crippen molar-refractivity contribution in [3.05, 3.63) is 278 Å². The van der Waals surface area contributed by atoms with Crippen molar-refractivity contribution >= 4 is 110 Å². The highest BCUT2D eigenvalue weighted by Gasteiger charge is 2.59. The van der Waals surface area contributed by atoms with Crippen LogP contribution in [0.4, 0.5) is 34.1 Å². The minimum Gasteiger partial charge on any atom is -0.454 e. The smallest absolute Gasteiger partial charge is 0.159 e. The molecule has 16 rings (SSSR count). The summed E-state index contributed by atoms with van der Waals surface area (Å²) in [5.41, 5.74) is 18.6. The van der Waals surface area contributed by atoms with E-state index in [0.717, 1.165) is 100 Å². The van der Waals surface area contributed by atoms with Gasteiger partial charge in [-0.15, -0.1) is 0 Å². The molecule has 13 aromatic carbocycles. The lowest BCUT2D eigenvalue weighted by atomic mass is 9.49. The Kier molecular flexibility index (Phi) is 11.3. The second-order valence-electron chi connectivity index (χ2n) is 25.1. The first kappa shape index (κ1) is 50.6. The molecule has 0 spiro atoms. The predicted octanol–water partition coefficient (Wildman–Crippen LogP) is 23.6. The summed E-state index contributed by atoms with van der Waals surface area (Å²) in [6.45, 7) is 14.9. The molecule has 0 N–H and O–H groups in total. The molecule has 2 heterocycles. The second kappa shape index (κ2) is 18.9. The first-order valence-corrected chi connectivity index (χ1v) is 29.7. The summed E-state index contributed by atoms with van der Waals surface area (Å²) in [6.07, 6.45) is 0. The molecule has 85 heavy (non-hydrogen) atoms. The fourth-order valence-electron chi connectivity index (χ4n) is 15.5. The lowest BCUT2D eigenvalue weighted by Crippen LogP contribution is -2.50. The van der Waals surface area contributed by atoms with Gasteiger partial charge in [0.2, 0.25) is 0 Å². The zero-order valence-corrected chi connectivity index (χ0v) is 48.6. The highest BCUT2D eigenvalue weighted by Crippen LogP contribution is 2.69. The minimum absolute atomic E-state index is 0.276. The molecule has 0 bridgehead atoms. The van der Waals surface area contributed by atoms with Crippen molar-refractivity contribution in [2.24, 2.45) is 10.8 Å². The van der Waals surface area contributed by atoms with E-state index in [1.165, 1.54) is 54.6 Å². The van der Waals surface area contributed by atoms with Gasteiger partial charge in [-0.05, 0) is 137 Å². The van der Waals surface area contributed by atoms with Gasteiger partial charge in [-0.25, -0.2) is 0 Å². The molecule has 0 fully saturated rings. The van der Waals surface area contributed by atoms with Crippen LogP contribution in [0.2, 0.25) is 0 Å². The Balaban J connectivity index is 0.948. The molecule has 2 aromatic heterocycles. The van der Waals surface area contributed by atoms with Crippen LogP contribution in [0.15, 0.2) is 276 Å². The number of anilines is 6. The van der Waals surface area contributed by atoms with Crippen molar-refractivity contribution in [2.45, 2.75) is 47.0 Å². The Hall–Kier alpha value is -10.2. The third-order valence-corrected chi connectivity index (χ3v) is 18.5. The van der Waals surface area contributed by atoms with E-state index in [9.17, 15) is 0 Å². The Morgan fingerprint density at radius 2 is 0.729 bits per heavy atom. The SMILES string of the molecule is CC(C)(C)C1(C(C)(C)C)c2c(ccc3cc(N(c4ccccc4-c4ccccc4)c4cccc5c4oc4ccccc45)ccc23)-c2c1c1ccc(N(c3ccccc3-c3ccccc3)c3cccc4c3oc3ccccc34)cc1c1ccccc21. The van der Waals surface area contributed by atoms with Gasteiger partial charge in [0.25, 0.3) is 0 Å². The van der Waals surface area contributed by atoms with E-state index >= 15 is 0 Å². The van der Waals surface area contributed by atoms with Gasteiger partial charge in [-0.3, -0.25) is 0 Å². The van der Waals surface area contributed by atoms with Gasteiger partial charge in [0, 0.05) is 49.5 Å². The van der Waals surface area contributed by atoms with Crippen molar-refractivity contribution in [1.82, 2.24) is 0 Å². The fraction of sp³-hybridized carbons (Fsp3) is 0.111. The maximum atomic E-state index is 6.91. The molecule has 4 nitrogen and oxygen atoms in total. The van der Waals surface area contributed by atoms with E-state index < -0.39 is 5.41 Å². The normalized spacial score (nSPS) is 13.2. The Morgan fingerprint density at radius 1 is 0.294 bits per heavy atom. The number of hydrogen-bond donors (Lipinski definition) is 0. The van der Waals surface area contributed by atoms with E-state index in [4.69, 9.17) is 8.83 Å². The topological polar surface area (TPSA) is 32.8 Å². The molecule has 0 saturated carbocycles. The number of fused-ring (bicyclic) bond motifs is 16. The zero-order chi connectivity index (χ0) is 57.3. The first-order valence-electron chi connectivity index (χ1n) is 29.7. The average molecular weight is 1100 g/mol. The number of furan rings is 2. The number of nitrogens with zero attached hydrogens (tertiary/aromatic N) is 2. The molecule has 408 valence electrons. The number of rotatable bonds is 8. The summed E-state index contributed by atoms with van der Waals surface area (Å²) in [5, 5.41) is 11.8. The van der Waals surface area contributed by atoms with Crippen molar-refractivity contribution < 1.29 is 8.83 Å². The van der Waals surface area contributed by atoms with Crippen LogP contribution in [0.25, 0.3) is 110 Å². The first-order chi connectivity index (χ1) is 41.5. The molecule has 15 aromatic rings. The van der Waals surface area contributed by atoms with Gasteiger partial charge in [0.15, 0.2) is 11.2 Å². The molecule has 0 unspecified atom stereocenters. The summed E-state index contributed by atoms with van der Waals surface area (Å²) in [6, 6.07) is 97.5. The van der Waals surface area contributed by atoms with Gasteiger partial charge in [0.05, 0.1) is 22.7 Å². The molecule has 0 radical (unpaired) electrons. The van der Waals surface area contributed by atoms with Crippen molar-refractivity contribution in [3.8, 4) is 33.4 Å². The fourth-order valence-corrected chi connectivity index (χ4v) is 15.5. The monoisotopic (exact) mass is 1090 g/mol. The van der Waals surface area contributed by atoms with Gasteiger partial charge >= 0.3 is 0 Å². The third-order valence-electron chi connectivity index (χ3n) is 18.5. The quantitative estimate of drug-likeness (QED) is 0.142. The van der Waals surface area contributed by atoms with Crippen LogP contribution in [-0.4, -0.2) is 0 Å². The molecule has 0 saturated heterocycles. The molecule has 1 aliphatic rings. The lowest BCUT2D eigenvalue weighted by molar-refractivity contribution is 0.0977. The highest BCUT2D eigenvalue weighted by atomic mass is 16.3. The molecule has 1 aliphatic carbocycles. The number of hydrogen-bond acceptors (Lipinski definition) is 4. The van der Waals surface area contributed by atoms with Crippen LogP contribution in [0.1, 0.15) is 52.7 Å². The maximum absolute atomic E-state index is 6.91. The molecule has 0 atom stereocenters. The molecule has 0 aliphatic heterocycles. The van der Waals surface area contributed by atoms with Gasteiger partial charge < -0.3 is 18.6 Å². The van der Waals surface area contributed by atoms with E-state index in [0.29, 0.717) is 0 Å². The van der Waals surface area contributed by atoms with Gasteiger partial charge in [-0.1, -0.05) is 248 Å². The van der Waals surface area contributed by atoms with Crippen LogP contribution >= 0.6 is 0 Å². The van der Waals surface area contributed by atoms with E-state index in [2.05, 4.69) is 318 Å². The van der Waals surface area contributed by atoms with Crippen LogP contribution in [-0.2, 0) is 5.41 Å². The highest BCUT2D eigenvalue weighted by molar-refractivity contribution is 6.21. The van der Waals surface area contributed by atoms with Crippen LogP contribution in [0, 0.1) is 10.8 Å². The van der Waals surface area contributed by atoms with Crippen molar-refractivity contribution in [3.63, 3.8) is 0 Å². The van der Waals surface area contributed by atoms with E-state index in [1.807, 2.05) is 0 Å². The Bertz CT molecular complexity index is 5150. The summed E-state index contributed by atoms with van der Waals surface area (Å²) >= 11 is 0. The van der Waals surface area contributed by atoms with E-state index in [-0.39, 0.29) is 10.8 Å². The third kappa shape index (κ3) is 7.47. The summed E-state index contributed by atoms with van der Waals surface area (Å²) in [5.74, 6) is 0. The molecular weight excluding hydrogens is 1030 g/mol. The maximum Gasteiger partial charge on any atom is 0.159 e. The molecular formula is C81H62N2O2. The van der Waals surface area contributed by atoms with Crippen LogP contribution < -0.4 is 9.80 Å². The number of para-hydroxylation sites is 6. The Morgan fingerprint density at radius 3 is 1.27 bits per heavy atom. The van der Waals surface area contributed by atoms with Crippen LogP contribution in [0.3, 0.4) is 0 Å². The van der Waals surface area contributed by atoms with Gasteiger partial charge in [-0.2, -0.15) is 0 Å². The average Bonchev–Trinajstić information content (AvgIpc) is 1.56. The summed E-state index contributed by atoms with van der Waals surface area (Å²) in [4.78, 5) is 4.86. The van der Waals surface area contributed by atoms with Crippen molar-refractivity contribution in [1.29, 1.82) is 0 Å². The lowest BCUT2D eigenvalue weighted by Gasteiger charge is -2.54. The summed E-state index contributed by atoms with van der Waals surface area (Å²) in [7, 11) is 0. The largest absolute Gasteiger partial charge is 0.454 e. The van der Waals surface area contributed by atoms with Gasteiger partial charge in [0.1, 0.15) is 11.2 Å². The molecule has 0 amide bonds. The van der Waals surface area contributed by atoms with Crippen molar-refractivity contribution in [2.75, 3.05) is 9.80 Å². The predicted molar refractivity (Wildman–Crippen MR) is 359 cm³/mol. The van der Waals surface area contributed by atoms with Crippen LogP contribution in [0.5, 0.6) is 0 Å². The zero-order valence-electron chi connectivity index (χ0n) is 48.6.